The van der Waals surface area contributed by atoms with E-state index >= 15 is 0 Å². The van der Waals surface area contributed by atoms with Crippen molar-refractivity contribution in [3.05, 3.63) is 58.7 Å². The molecular formula is C29H42N2. The Morgan fingerprint density at radius 2 is 0.806 bits per heavy atom. The van der Waals surface area contributed by atoms with Gasteiger partial charge in [-0.15, -0.1) is 0 Å². The molecule has 0 heterocycles. The van der Waals surface area contributed by atoms with Crippen LogP contribution in [0, 0.1) is 0 Å². The highest BCUT2D eigenvalue weighted by Crippen LogP contribution is 2.36. The Morgan fingerprint density at radius 3 is 1.03 bits per heavy atom. The van der Waals surface area contributed by atoms with Gasteiger partial charge >= 0.3 is 0 Å². The molecule has 0 spiro atoms. The minimum Gasteiger partial charge on any atom is -0.257 e. The van der Waals surface area contributed by atoms with Crippen LogP contribution in [0.25, 0.3) is 0 Å². The summed E-state index contributed by atoms with van der Waals surface area (Å²) in [5, 5.41) is 0. The molecule has 0 aliphatic rings. The van der Waals surface area contributed by atoms with Crippen LogP contribution in [0.1, 0.15) is 122 Å². The van der Waals surface area contributed by atoms with Gasteiger partial charge in [0.1, 0.15) is 0 Å². The molecule has 2 heteroatoms. The highest BCUT2D eigenvalue weighted by atomic mass is 14.8. The zero-order chi connectivity index (χ0) is 23.3. The molecular weight excluding hydrogens is 376 g/mol. The normalized spacial score (nSPS) is 13.2. The fraction of sp³-hybridized carbons (Fsp3) is 0.517. The van der Waals surface area contributed by atoms with E-state index < -0.39 is 0 Å². The van der Waals surface area contributed by atoms with Gasteiger partial charge in [0.25, 0.3) is 0 Å². The van der Waals surface area contributed by atoms with Crippen molar-refractivity contribution in [2.45, 2.75) is 99.3 Å². The van der Waals surface area contributed by atoms with E-state index in [0.717, 1.165) is 29.2 Å². The molecule has 0 radical (unpaired) electrons. The highest BCUT2D eigenvalue weighted by molar-refractivity contribution is 6.04. The summed E-state index contributed by atoms with van der Waals surface area (Å²) in [7, 11) is 0. The van der Waals surface area contributed by atoms with E-state index in [4.69, 9.17) is 9.98 Å². The molecule has 168 valence electrons. The van der Waals surface area contributed by atoms with E-state index in [-0.39, 0.29) is 0 Å². The largest absolute Gasteiger partial charge is 0.257 e. The maximum Gasteiger partial charge on any atom is 0.0698 e. The minimum absolute atomic E-state index is 0.450. The van der Waals surface area contributed by atoms with Gasteiger partial charge in [-0.05, 0) is 59.8 Å². The molecule has 0 aliphatic heterocycles. The SMILES string of the molecule is C/C(C/C(C)=N/c1c(C(C)C)cccc1C(C)C)=N/c1c(C(C)C)cccc1C(C)C. The summed E-state index contributed by atoms with van der Waals surface area (Å²) in [6.45, 7) is 22.2. The first-order valence-corrected chi connectivity index (χ1v) is 11.9. The predicted molar refractivity (Wildman–Crippen MR) is 139 cm³/mol. The average molecular weight is 419 g/mol. The van der Waals surface area contributed by atoms with Crippen LogP contribution >= 0.6 is 0 Å². The molecule has 31 heavy (non-hydrogen) atoms. The van der Waals surface area contributed by atoms with Crippen molar-refractivity contribution in [3.8, 4) is 0 Å². The lowest BCUT2D eigenvalue weighted by Gasteiger charge is -2.18. The molecule has 0 saturated carbocycles. The van der Waals surface area contributed by atoms with E-state index in [1.54, 1.807) is 0 Å². The Hall–Kier alpha value is -2.22. The van der Waals surface area contributed by atoms with Crippen molar-refractivity contribution in [2.75, 3.05) is 0 Å². The van der Waals surface area contributed by atoms with Crippen LogP contribution in [-0.4, -0.2) is 11.4 Å². The third kappa shape index (κ3) is 6.38. The van der Waals surface area contributed by atoms with Crippen molar-refractivity contribution < 1.29 is 0 Å². The number of hydrogen-bond acceptors (Lipinski definition) is 2. The number of benzene rings is 2. The first-order valence-electron chi connectivity index (χ1n) is 11.9. The van der Waals surface area contributed by atoms with Gasteiger partial charge in [0.05, 0.1) is 11.4 Å². The van der Waals surface area contributed by atoms with Crippen LogP contribution < -0.4 is 0 Å². The minimum atomic E-state index is 0.450. The van der Waals surface area contributed by atoms with Crippen LogP contribution in [0.5, 0.6) is 0 Å². The standard InChI is InChI=1S/C29H42N2/c1-18(2)24-13-11-14-25(19(3)4)28(24)30-22(9)17-23(10)31-29-26(20(5)6)15-12-16-27(29)21(7)8/h11-16,18-21H,17H2,1-10H3/b30-22-,31-23+. The Labute approximate surface area is 190 Å². The molecule has 0 N–H and O–H groups in total. The van der Waals surface area contributed by atoms with Gasteiger partial charge in [-0.1, -0.05) is 91.8 Å². The quantitative estimate of drug-likeness (QED) is 0.381. The zero-order valence-corrected chi connectivity index (χ0v) is 21.4. The van der Waals surface area contributed by atoms with Crippen LogP contribution in [0.4, 0.5) is 11.4 Å². The average Bonchev–Trinajstić information content (AvgIpc) is 2.67. The van der Waals surface area contributed by atoms with Crippen molar-refractivity contribution in [1.29, 1.82) is 0 Å². The summed E-state index contributed by atoms with van der Waals surface area (Å²) >= 11 is 0. The van der Waals surface area contributed by atoms with Gasteiger partial charge in [-0.2, -0.15) is 0 Å². The number of rotatable bonds is 8. The van der Waals surface area contributed by atoms with E-state index in [2.05, 4.69) is 106 Å². The van der Waals surface area contributed by atoms with Gasteiger partial charge in [-0.3, -0.25) is 9.98 Å². The molecule has 2 nitrogen and oxygen atoms in total. The van der Waals surface area contributed by atoms with E-state index in [1.807, 2.05) is 0 Å². The Kier molecular flexibility index (Phi) is 8.79. The summed E-state index contributed by atoms with van der Waals surface area (Å²) in [4.78, 5) is 10.3. The molecule has 0 aliphatic carbocycles. The highest BCUT2D eigenvalue weighted by Gasteiger charge is 2.15. The second kappa shape index (κ2) is 10.9. The molecule has 2 rings (SSSR count). The lowest BCUT2D eigenvalue weighted by molar-refractivity contribution is 0.834. The van der Waals surface area contributed by atoms with Gasteiger partial charge in [-0.25, -0.2) is 0 Å². The summed E-state index contributed by atoms with van der Waals surface area (Å²) in [5.41, 5.74) is 9.85. The summed E-state index contributed by atoms with van der Waals surface area (Å²) < 4.78 is 0. The maximum absolute atomic E-state index is 5.13. The van der Waals surface area contributed by atoms with Crippen molar-refractivity contribution in [3.63, 3.8) is 0 Å². The smallest absolute Gasteiger partial charge is 0.0698 e. The third-order valence-electron chi connectivity index (χ3n) is 5.80. The molecule has 0 amide bonds. The van der Waals surface area contributed by atoms with Gasteiger partial charge < -0.3 is 0 Å². The van der Waals surface area contributed by atoms with E-state index in [0.29, 0.717) is 23.7 Å². The monoisotopic (exact) mass is 418 g/mol. The van der Waals surface area contributed by atoms with E-state index in [9.17, 15) is 0 Å². The molecule has 2 aromatic rings. The second-order valence-corrected chi connectivity index (χ2v) is 10.1. The molecule has 2 aromatic carbocycles. The summed E-state index contributed by atoms with van der Waals surface area (Å²) in [6.07, 6.45) is 0.786. The topological polar surface area (TPSA) is 24.7 Å². The molecule has 0 saturated heterocycles. The first kappa shape index (κ1) is 25.0. The predicted octanol–water partition coefficient (Wildman–Crippen LogP) is 9.46. The number of hydrogen-bond donors (Lipinski definition) is 0. The van der Waals surface area contributed by atoms with Crippen molar-refractivity contribution in [2.24, 2.45) is 9.98 Å². The fourth-order valence-electron chi connectivity index (χ4n) is 4.11. The maximum atomic E-state index is 5.13. The molecule has 0 fully saturated rings. The molecule has 0 bridgehead atoms. The Morgan fingerprint density at radius 1 is 0.548 bits per heavy atom. The van der Waals surface area contributed by atoms with Gasteiger partial charge in [0.15, 0.2) is 0 Å². The summed E-state index contributed by atoms with van der Waals surface area (Å²) in [5.74, 6) is 1.80. The Balaban J connectivity index is 2.46. The zero-order valence-electron chi connectivity index (χ0n) is 21.4. The first-order chi connectivity index (χ1) is 14.5. The second-order valence-electron chi connectivity index (χ2n) is 10.1. The third-order valence-corrected chi connectivity index (χ3v) is 5.80. The lowest BCUT2D eigenvalue weighted by atomic mass is 9.92. The number of nitrogens with zero attached hydrogens (tertiary/aromatic N) is 2. The number of aliphatic imine (C=N–C) groups is 2. The lowest BCUT2D eigenvalue weighted by Crippen LogP contribution is -2.04. The Bertz CT molecular complexity index is 813. The van der Waals surface area contributed by atoms with Crippen LogP contribution in [0.2, 0.25) is 0 Å². The van der Waals surface area contributed by atoms with Crippen LogP contribution in [0.15, 0.2) is 46.4 Å². The van der Waals surface area contributed by atoms with Crippen LogP contribution in [0.3, 0.4) is 0 Å². The molecule has 0 atom stereocenters. The van der Waals surface area contributed by atoms with Crippen LogP contribution in [-0.2, 0) is 0 Å². The number of para-hydroxylation sites is 2. The fourth-order valence-corrected chi connectivity index (χ4v) is 4.11. The van der Waals surface area contributed by atoms with Gasteiger partial charge in [0.2, 0.25) is 0 Å². The van der Waals surface area contributed by atoms with Crippen molar-refractivity contribution >= 4 is 22.8 Å². The van der Waals surface area contributed by atoms with Crippen molar-refractivity contribution in [1.82, 2.24) is 0 Å². The van der Waals surface area contributed by atoms with Gasteiger partial charge in [0, 0.05) is 17.8 Å². The summed E-state index contributed by atoms with van der Waals surface area (Å²) in [6, 6.07) is 13.2. The van der Waals surface area contributed by atoms with E-state index in [1.165, 1.54) is 22.3 Å². The molecule has 0 unspecified atom stereocenters. The molecule has 0 aromatic heterocycles.